The van der Waals surface area contributed by atoms with Gasteiger partial charge in [0.2, 0.25) is 0 Å². The third-order valence-electron chi connectivity index (χ3n) is 3.65. The summed E-state index contributed by atoms with van der Waals surface area (Å²) in [5.41, 5.74) is 3.35. The van der Waals surface area contributed by atoms with Gasteiger partial charge in [0.05, 0.1) is 5.69 Å². The SMILES string of the molecule is CN(Cc1ccccc1)C(=Nc1ccccc1)c1ccccc1. The van der Waals surface area contributed by atoms with Crippen molar-refractivity contribution in [3.63, 3.8) is 0 Å². The van der Waals surface area contributed by atoms with Crippen molar-refractivity contribution in [3.05, 3.63) is 102 Å². The molecule has 0 unspecified atom stereocenters. The highest BCUT2D eigenvalue weighted by atomic mass is 15.2. The summed E-state index contributed by atoms with van der Waals surface area (Å²) in [6.45, 7) is 0.821. The number of amidine groups is 1. The van der Waals surface area contributed by atoms with E-state index in [1.165, 1.54) is 5.56 Å². The zero-order valence-corrected chi connectivity index (χ0v) is 13.3. The first-order valence-electron chi connectivity index (χ1n) is 7.77. The predicted octanol–water partition coefficient (Wildman–Crippen LogP) is 4.90. The lowest BCUT2D eigenvalue weighted by molar-refractivity contribution is 0.501. The molecule has 0 amide bonds. The van der Waals surface area contributed by atoms with Crippen molar-refractivity contribution in [3.8, 4) is 0 Å². The Labute approximate surface area is 137 Å². The van der Waals surface area contributed by atoms with Gasteiger partial charge in [-0.15, -0.1) is 0 Å². The molecule has 0 saturated heterocycles. The van der Waals surface area contributed by atoms with E-state index in [0.717, 1.165) is 23.6 Å². The summed E-state index contributed by atoms with van der Waals surface area (Å²) >= 11 is 0. The van der Waals surface area contributed by atoms with Crippen LogP contribution in [0.3, 0.4) is 0 Å². The number of rotatable bonds is 4. The van der Waals surface area contributed by atoms with Gasteiger partial charge in [-0.25, -0.2) is 4.99 Å². The van der Waals surface area contributed by atoms with E-state index in [1.54, 1.807) is 0 Å². The Morgan fingerprint density at radius 1 is 0.739 bits per heavy atom. The van der Waals surface area contributed by atoms with Crippen molar-refractivity contribution >= 4 is 11.5 Å². The zero-order chi connectivity index (χ0) is 15.9. The van der Waals surface area contributed by atoms with Crippen molar-refractivity contribution in [1.82, 2.24) is 4.90 Å². The highest BCUT2D eigenvalue weighted by molar-refractivity contribution is 6.00. The molecule has 0 bridgehead atoms. The van der Waals surface area contributed by atoms with Crippen molar-refractivity contribution < 1.29 is 0 Å². The Morgan fingerprint density at radius 2 is 1.26 bits per heavy atom. The maximum absolute atomic E-state index is 4.87. The normalized spacial score (nSPS) is 11.3. The van der Waals surface area contributed by atoms with Gasteiger partial charge in [0.1, 0.15) is 5.84 Å². The molecule has 0 fully saturated rings. The Bertz CT molecular complexity index is 750. The van der Waals surface area contributed by atoms with Crippen LogP contribution in [0.5, 0.6) is 0 Å². The van der Waals surface area contributed by atoms with Crippen LogP contribution in [0, 0.1) is 0 Å². The fourth-order valence-corrected chi connectivity index (χ4v) is 2.51. The average molecular weight is 300 g/mol. The van der Waals surface area contributed by atoms with Gasteiger partial charge in [-0.3, -0.25) is 0 Å². The molecule has 0 saturated carbocycles. The average Bonchev–Trinajstić information content (AvgIpc) is 2.62. The van der Waals surface area contributed by atoms with E-state index in [-0.39, 0.29) is 0 Å². The number of benzene rings is 3. The van der Waals surface area contributed by atoms with Crippen LogP contribution < -0.4 is 0 Å². The highest BCUT2D eigenvalue weighted by Gasteiger charge is 2.10. The minimum Gasteiger partial charge on any atom is -0.355 e. The van der Waals surface area contributed by atoms with Gasteiger partial charge in [-0.05, 0) is 17.7 Å². The Morgan fingerprint density at radius 3 is 1.87 bits per heavy atom. The standard InChI is InChI=1S/C21H20N2/c1-23(17-18-11-5-2-6-12-18)21(19-13-7-3-8-14-19)22-20-15-9-4-10-16-20/h2-16H,17H2,1H3. The molecule has 0 aliphatic rings. The molecule has 23 heavy (non-hydrogen) atoms. The van der Waals surface area contributed by atoms with Crippen LogP contribution >= 0.6 is 0 Å². The third kappa shape index (κ3) is 4.07. The second kappa shape index (κ2) is 7.41. The summed E-state index contributed by atoms with van der Waals surface area (Å²) in [4.78, 5) is 7.06. The molecule has 0 aliphatic heterocycles. The second-order valence-corrected chi connectivity index (χ2v) is 5.48. The summed E-state index contributed by atoms with van der Waals surface area (Å²) in [6.07, 6.45) is 0. The lowest BCUT2D eigenvalue weighted by atomic mass is 10.1. The zero-order valence-electron chi connectivity index (χ0n) is 13.3. The predicted molar refractivity (Wildman–Crippen MR) is 97.0 cm³/mol. The summed E-state index contributed by atoms with van der Waals surface area (Å²) in [7, 11) is 2.09. The van der Waals surface area contributed by atoms with E-state index in [2.05, 4.69) is 48.3 Å². The molecule has 0 aliphatic carbocycles. The monoisotopic (exact) mass is 300 g/mol. The van der Waals surface area contributed by atoms with E-state index < -0.39 is 0 Å². The first kappa shape index (κ1) is 15.0. The number of para-hydroxylation sites is 1. The minimum absolute atomic E-state index is 0.821. The van der Waals surface area contributed by atoms with Crippen LogP contribution in [0.25, 0.3) is 0 Å². The fourth-order valence-electron chi connectivity index (χ4n) is 2.51. The number of nitrogens with zero attached hydrogens (tertiary/aromatic N) is 2. The third-order valence-corrected chi connectivity index (χ3v) is 3.65. The van der Waals surface area contributed by atoms with Gasteiger partial charge in [0, 0.05) is 19.2 Å². The molecule has 0 spiro atoms. The maximum Gasteiger partial charge on any atom is 0.136 e. The molecule has 0 heterocycles. The summed E-state index contributed by atoms with van der Waals surface area (Å²) < 4.78 is 0. The van der Waals surface area contributed by atoms with Gasteiger partial charge >= 0.3 is 0 Å². The summed E-state index contributed by atoms with van der Waals surface area (Å²) in [5.74, 6) is 0.973. The molecule has 3 aromatic rings. The van der Waals surface area contributed by atoms with Crippen molar-refractivity contribution in [1.29, 1.82) is 0 Å². The molecular formula is C21H20N2. The van der Waals surface area contributed by atoms with E-state index in [0.29, 0.717) is 0 Å². The lowest BCUT2D eigenvalue weighted by Gasteiger charge is -2.22. The van der Waals surface area contributed by atoms with Crippen LogP contribution in [0.4, 0.5) is 5.69 Å². The molecule has 3 rings (SSSR count). The first-order valence-corrected chi connectivity index (χ1v) is 7.77. The van der Waals surface area contributed by atoms with E-state index in [9.17, 15) is 0 Å². The second-order valence-electron chi connectivity index (χ2n) is 5.48. The molecule has 2 heteroatoms. The van der Waals surface area contributed by atoms with E-state index in [4.69, 9.17) is 4.99 Å². The molecular weight excluding hydrogens is 280 g/mol. The van der Waals surface area contributed by atoms with E-state index in [1.807, 2.05) is 54.6 Å². The first-order chi connectivity index (χ1) is 11.3. The molecule has 114 valence electrons. The topological polar surface area (TPSA) is 15.6 Å². The van der Waals surface area contributed by atoms with E-state index >= 15 is 0 Å². The smallest absolute Gasteiger partial charge is 0.136 e. The van der Waals surface area contributed by atoms with Crippen LogP contribution in [-0.4, -0.2) is 17.8 Å². The maximum atomic E-state index is 4.87. The van der Waals surface area contributed by atoms with Crippen molar-refractivity contribution in [2.45, 2.75) is 6.54 Å². The van der Waals surface area contributed by atoms with Gasteiger partial charge in [-0.1, -0.05) is 78.9 Å². The van der Waals surface area contributed by atoms with Gasteiger partial charge in [0.15, 0.2) is 0 Å². The molecule has 0 N–H and O–H groups in total. The fraction of sp³-hybridized carbons (Fsp3) is 0.0952. The highest BCUT2D eigenvalue weighted by Crippen LogP contribution is 2.16. The Balaban J connectivity index is 1.94. The molecule has 0 atom stereocenters. The summed E-state index contributed by atoms with van der Waals surface area (Å²) in [5, 5.41) is 0. The van der Waals surface area contributed by atoms with Crippen LogP contribution in [0.1, 0.15) is 11.1 Å². The number of hydrogen-bond donors (Lipinski definition) is 0. The molecule has 2 nitrogen and oxygen atoms in total. The van der Waals surface area contributed by atoms with Crippen molar-refractivity contribution in [2.75, 3.05) is 7.05 Å². The quantitative estimate of drug-likeness (QED) is 0.494. The molecule has 0 aromatic heterocycles. The number of hydrogen-bond acceptors (Lipinski definition) is 1. The minimum atomic E-state index is 0.821. The Kier molecular flexibility index (Phi) is 4.85. The van der Waals surface area contributed by atoms with Crippen LogP contribution in [0.15, 0.2) is 96.0 Å². The van der Waals surface area contributed by atoms with Crippen LogP contribution in [0.2, 0.25) is 0 Å². The number of aliphatic imine (C=N–C) groups is 1. The molecule has 0 radical (unpaired) electrons. The molecule has 3 aromatic carbocycles. The largest absolute Gasteiger partial charge is 0.355 e. The Hall–Kier alpha value is -2.87. The van der Waals surface area contributed by atoms with Gasteiger partial charge < -0.3 is 4.90 Å². The van der Waals surface area contributed by atoms with Crippen molar-refractivity contribution in [2.24, 2.45) is 4.99 Å². The van der Waals surface area contributed by atoms with Gasteiger partial charge in [0.25, 0.3) is 0 Å². The summed E-state index contributed by atoms with van der Waals surface area (Å²) in [6, 6.07) is 30.9. The lowest BCUT2D eigenvalue weighted by Crippen LogP contribution is -2.27. The van der Waals surface area contributed by atoms with Crippen LogP contribution in [-0.2, 0) is 6.54 Å². The van der Waals surface area contributed by atoms with Gasteiger partial charge in [-0.2, -0.15) is 0 Å².